The number of halogens is 3. The number of nitrogens with two attached hydrogens (primary N) is 1. The van der Waals surface area contributed by atoms with E-state index in [0.29, 0.717) is 22.8 Å². The summed E-state index contributed by atoms with van der Waals surface area (Å²) >= 11 is 0. The zero-order valence-electron chi connectivity index (χ0n) is 13.5. The minimum absolute atomic E-state index is 0.00427. The Kier molecular flexibility index (Phi) is 3.66. The van der Waals surface area contributed by atoms with E-state index in [2.05, 4.69) is 4.72 Å². The molecule has 4 rings (SSSR count). The first-order valence-corrected chi connectivity index (χ1v) is 9.76. The molecule has 5 nitrogen and oxygen atoms in total. The van der Waals surface area contributed by atoms with Crippen molar-refractivity contribution in [3.05, 3.63) is 29.3 Å². The smallest absolute Gasteiger partial charge is 0.399 e. The van der Waals surface area contributed by atoms with Crippen LogP contribution < -0.4 is 10.5 Å². The van der Waals surface area contributed by atoms with Crippen molar-refractivity contribution in [3.8, 4) is 0 Å². The van der Waals surface area contributed by atoms with E-state index in [1.807, 2.05) is 18.2 Å². The maximum atomic E-state index is 12.8. The number of nitrogens with zero attached hydrogens (tertiary/aromatic N) is 1. The molecule has 9 heteroatoms. The summed E-state index contributed by atoms with van der Waals surface area (Å²) in [6.45, 7) is -1.56. The maximum Gasteiger partial charge on any atom is 0.402 e. The third-order valence-corrected chi connectivity index (χ3v) is 7.51. The van der Waals surface area contributed by atoms with Gasteiger partial charge in [-0.25, -0.2) is 0 Å². The molecule has 1 spiro atoms. The van der Waals surface area contributed by atoms with Crippen LogP contribution in [-0.2, 0) is 23.1 Å². The van der Waals surface area contributed by atoms with Crippen LogP contribution in [0.5, 0.6) is 0 Å². The maximum absolute atomic E-state index is 12.8. The Labute approximate surface area is 144 Å². The number of rotatable bonds is 1. The number of alkyl halides is 3. The van der Waals surface area contributed by atoms with Crippen LogP contribution in [0.1, 0.15) is 24.0 Å². The molecule has 1 saturated heterocycles. The lowest BCUT2D eigenvalue weighted by Crippen LogP contribution is -2.52. The summed E-state index contributed by atoms with van der Waals surface area (Å²) in [6.07, 6.45) is -1.63. The molecule has 0 aromatic heterocycles. The molecule has 1 saturated carbocycles. The number of hydrogen-bond donors (Lipinski definition) is 2. The van der Waals surface area contributed by atoms with Crippen LogP contribution in [0, 0.1) is 11.8 Å². The van der Waals surface area contributed by atoms with E-state index < -0.39 is 28.5 Å². The van der Waals surface area contributed by atoms with E-state index in [1.54, 1.807) is 0 Å². The van der Waals surface area contributed by atoms with Gasteiger partial charge in [0, 0.05) is 12.2 Å². The number of benzene rings is 1. The fourth-order valence-electron chi connectivity index (χ4n) is 4.86. The average molecular weight is 375 g/mol. The molecule has 3 atom stereocenters. The Balaban J connectivity index is 1.70. The van der Waals surface area contributed by atoms with Gasteiger partial charge in [-0.15, -0.1) is 0 Å². The van der Waals surface area contributed by atoms with Crippen LogP contribution in [0.15, 0.2) is 18.2 Å². The van der Waals surface area contributed by atoms with Crippen LogP contribution in [-0.4, -0.2) is 37.5 Å². The highest BCUT2D eigenvalue weighted by molar-refractivity contribution is 7.87. The standard InChI is InChI=1S/C16H20F3N3O2S/c17-16(18,19)9-22-8-15(21-25(22,23)24)12-2-3-13(15)6-11-7-14(20)4-1-10(11)5-12/h1,4,7,12-13,21H,2-3,5-6,8-9,20H2. The van der Waals surface area contributed by atoms with E-state index in [-0.39, 0.29) is 18.4 Å². The summed E-state index contributed by atoms with van der Waals surface area (Å²) in [6, 6.07) is 5.68. The van der Waals surface area contributed by atoms with Gasteiger partial charge in [0.25, 0.3) is 10.2 Å². The Morgan fingerprint density at radius 1 is 1.20 bits per heavy atom. The predicted octanol–water partition coefficient (Wildman–Crippen LogP) is 1.84. The first-order valence-electron chi connectivity index (χ1n) is 8.32. The molecule has 0 amide bonds. The van der Waals surface area contributed by atoms with Gasteiger partial charge in [0.2, 0.25) is 0 Å². The molecule has 2 aliphatic carbocycles. The third kappa shape index (κ3) is 2.82. The van der Waals surface area contributed by atoms with Gasteiger partial charge >= 0.3 is 6.18 Å². The van der Waals surface area contributed by atoms with Crippen molar-refractivity contribution in [2.75, 3.05) is 18.8 Å². The van der Waals surface area contributed by atoms with Crippen molar-refractivity contribution in [2.24, 2.45) is 11.8 Å². The summed E-state index contributed by atoms with van der Waals surface area (Å²) in [5, 5.41) is 0. The summed E-state index contributed by atoms with van der Waals surface area (Å²) in [4.78, 5) is 0. The van der Waals surface area contributed by atoms with Crippen molar-refractivity contribution in [1.29, 1.82) is 0 Å². The Hall–Kier alpha value is -1.32. The van der Waals surface area contributed by atoms with E-state index in [1.165, 1.54) is 0 Å². The molecule has 25 heavy (non-hydrogen) atoms. The summed E-state index contributed by atoms with van der Waals surface area (Å²) in [7, 11) is -4.13. The minimum Gasteiger partial charge on any atom is -0.399 e. The summed E-state index contributed by atoms with van der Waals surface area (Å²) in [5.41, 5.74) is 7.90. The quantitative estimate of drug-likeness (QED) is 0.736. The molecule has 3 unspecified atom stereocenters. The number of anilines is 1. The Bertz CT molecular complexity index is 811. The predicted molar refractivity (Wildman–Crippen MR) is 86.9 cm³/mol. The second-order valence-electron chi connectivity index (χ2n) is 7.44. The molecular weight excluding hydrogens is 355 g/mol. The van der Waals surface area contributed by atoms with Gasteiger partial charge in [0.1, 0.15) is 6.54 Å². The number of fused-ring (bicyclic) bond motifs is 1. The zero-order valence-corrected chi connectivity index (χ0v) is 14.3. The minimum atomic E-state index is -4.55. The number of nitrogen functional groups attached to an aromatic ring is 1. The van der Waals surface area contributed by atoms with Gasteiger partial charge in [0.05, 0.1) is 5.54 Å². The third-order valence-electron chi connectivity index (χ3n) is 5.94. The van der Waals surface area contributed by atoms with Gasteiger partial charge in [-0.1, -0.05) is 6.07 Å². The molecule has 2 bridgehead atoms. The Morgan fingerprint density at radius 2 is 1.84 bits per heavy atom. The van der Waals surface area contributed by atoms with E-state index in [9.17, 15) is 21.6 Å². The first-order chi connectivity index (χ1) is 11.6. The summed E-state index contributed by atoms with van der Waals surface area (Å²) in [5.74, 6) is -0.0241. The molecule has 3 N–H and O–H groups in total. The average Bonchev–Trinajstić information content (AvgIpc) is 2.84. The zero-order chi connectivity index (χ0) is 18.0. The molecule has 3 aliphatic rings. The lowest BCUT2D eigenvalue weighted by Gasteiger charge is -2.33. The highest BCUT2D eigenvalue weighted by Crippen LogP contribution is 2.50. The first kappa shape index (κ1) is 17.1. The van der Waals surface area contributed by atoms with Crippen LogP contribution in [0.2, 0.25) is 0 Å². The molecule has 1 aromatic rings. The molecule has 2 fully saturated rings. The SMILES string of the molecule is Nc1ccc2c(c1)CC1CCC(C2)C12CN(CC(F)(F)F)S(=O)(=O)N2. The van der Waals surface area contributed by atoms with Gasteiger partial charge in [-0.2, -0.15) is 30.6 Å². The molecule has 1 heterocycles. The van der Waals surface area contributed by atoms with Crippen molar-refractivity contribution in [2.45, 2.75) is 37.4 Å². The second-order valence-corrected chi connectivity index (χ2v) is 9.11. The fraction of sp³-hybridized carbons (Fsp3) is 0.625. The number of hydrogen-bond acceptors (Lipinski definition) is 3. The number of nitrogens with one attached hydrogen (secondary N) is 1. The van der Waals surface area contributed by atoms with Gasteiger partial charge in [0.15, 0.2) is 0 Å². The lowest BCUT2D eigenvalue weighted by atomic mass is 9.79. The van der Waals surface area contributed by atoms with Crippen LogP contribution in [0.3, 0.4) is 0 Å². The lowest BCUT2D eigenvalue weighted by molar-refractivity contribution is -0.136. The fourth-order valence-corrected chi connectivity index (χ4v) is 6.57. The topological polar surface area (TPSA) is 75.4 Å². The normalized spacial score (nSPS) is 34.2. The van der Waals surface area contributed by atoms with Crippen LogP contribution in [0.25, 0.3) is 0 Å². The van der Waals surface area contributed by atoms with Crippen molar-refractivity contribution in [3.63, 3.8) is 0 Å². The molecule has 138 valence electrons. The van der Waals surface area contributed by atoms with Crippen molar-refractivity contribution < 1.29 is 21.6 Å². The van der Waals surface area contributed by atoms with Crippen molar-refractivity contribution >= 4 is 15.9 Å². The van der Waals surface area contributed by atoms with Crippen molar-refractivity contribution in [1.82, 2.24) is 9.03 Å². The molecular formula is C16H20F3N3O2S. The van der Waals surface area contributed by atoms with Crippen LogP contribution >= 0.6 is 0 Å². The molecule has 1 aromatic carbocycles. The van der Waals surface area contributed by atoms with E-state index >= 15 is 0 Å². The van der Waals surface area contributed by atoms with Gasteiger partial charge < -0.3 is 5.73 Å². The Morgan fingerprint density at radius 3 is 2.48 bits per heavy atom. The van der Waals surface area contributed by atoms with Gasteiger partial charge in [-0.05, 0) is 60.8 Å². The van der Waals surface area contributed by atoms with Crippen LogP contribution in [0.4, 0.5) is 18.9 Å². The highest BCUT2D eigenvalue weighted by atomic mass is 32.2. The largest absolute Gasteiger partial charge is 0.402 e. The highest BCUT2D eigenvalue weighted by Gasteiger charge is 2.60. The molecule has 0 radical (unpaired) electrons. The summed E-state index contributed by atoms with van der Waals surface area (Å²) < 4.78 is 66.4. The van der Waals surface area contributed by atoms with E-state index in [4.69, 9.17) is 5.73 Å². The van der Waals surface area contributed by atoms with E-state index in [0.717, 1.165) is 24.0 Å². The molecule has 1 aliphatic heterocycles. The second kappa shape index (κ2) is 5.34. The van der Waals surface area contributed by atoms with Gasteiger partial charge in [-0.3, -0.25) is 0 Å². The monoisotopic (exact) mass is 375 g/mol.